The normalized spacial score (nSPS) is 11.2. The Balaban J connectivity index is 0. The van der Waals surface area contributed by atoms with E-state index >= 15 is 0 Å². The number of nitrogens with one attached hydrogen (secondary N) is 1. The van der Waals surface area contributed by atoms with Crippen molar-refractivity contribution in [3.63, 3.8) is 0 Å². The molecule has 0 heterocycles. The van der Waals surface area contributed by atoms with Gasteiger partial charge in [0.15, 0.2) is 0 Å². The minimum absolute atomic E-state index is 0. The van der Waals surface area contributed by atoms with Crippen LogP contribution in [0.1, 0.15) is 12.8 Å². The van der Waals surface area contributed by atoms with Gasteiger partial charge in [-0.2, -0.15) is 0 Å². The second-order valence-electron chi connectivity index (χ2n) is 2.36. The fraction of sp³-hybridized carbons (Fsp3) is 0.667. The van der Waals surface area contributed by atoms with Gasteiger partial charge in [0, 0.05) is 12.6 Å². The predicted molar refractivity (Wildman–Crippen MR) is 39.8 cm³/mol. The Labute approximate surface area is 98.3 Å². The Morgan fingerprint density at radius 3 is 2.38 bits per heavy atom. The molecule has 0 radical (unpaired) electrons. The maximum Gasteiger partial charge on any atom is 1.00 e. The van der Waals surface area contributed by atoms with Gasteiger partial charge in [-0.05, 0) is 12.8 Å². The first kappa shape index (κ1) is 15.2. The van der Waals surface area contributed by atoms with Crippen molar-refractivity contribution in [3.05, 3.63) is 0 Å². The topological polar surface area (TPSA) is 121 Å². The van der Waals surface area contributed by atoms with Crippen LogP contribution in [-0.4, -0.2) is 24.6 Å². The van der Waals surface area contributed by atoms with Crippen molar-refractivity contribution in [3.8, 4) is 0 Å². The first-order chi connectivity index (χ1) is 5.54. The molecule has 0 saturated heterocycles. The van der Waals surface area contributed by atoms with Crippen molar-refractivity contribution in [2.45, 2.75) is 18.9 Å². The van der Waals surface area contributed by atoms with Crippen molar-refractivity contribution in [2.24, 2.45) is 11.5 Å². The molecular weight excluding hydrogens is 185 g/mol. The molecule has 0 aliphatic carbocycles. The van der Waals surface area contributed by atoms with E-state index in [-0.39, 0.29) is 36.0 Å². The van der Waals surface area contributed by atoms with Crippen LogP contribution >= 0.6 is 0 Å². The summed E-state index contributed by atoms with van der Waals surface area (Å²) < 4.78 is 0. The fourth-order valence-electron chi connectivity index (χ4n) is 0.651. The number of carboxylic acid groups (broad SMARTS) is 1. The molecule has 0 rings (SSSR count). The fourth-order valence-corrected chi connectivity index (χ4v) is 0.651. The maximum absolute atomic E-state index is 10.1. The third kappa shape index (κ3) is 9.62. The first-order valence-corrected chi connectivity index (χ1v) is 3.53. The van der Waals surface area contributed by atoms with Gasteiger partial charge in [-0.3, -0.25) is 0 Å². The summed E-state index contributed by atoms with van der Waals surface area (Å²) in [5.41, 5.74) is 9.89. The Morgan fingerprint density at radius 1 is 1.46 bits per heavy atom. The molecule has 0 spiro atoms. The van der Waals surface area contributed by atoms with Crippen LogP contribution in [0.25, 0.3) is 0 Å². The smallest absolute Gasteiger partial charge is 0.548 e. The number of rotatable bonds is 5. The SMILES string of the molecule is NC(=O)NCCC[C@H](N)C(=O)[O-].[Na+]. The molecule has 0 aliphatic rings. The van der Waals surface area contributed by atoms with Crippen LogP contribution in [-0.2, 0) is 4.79 Å². The standard InChI is InChI=1S/C6H13N3O3.Na/c7-4(5(10)11)2-1-3-9-6(8)12;/h4H,1-3,7H2,(H,10,11)(H3,8,9,12);/q;+1/p-1/t4-;/m0./s1. The van der Waals surface area contributed by atoms with Gasteiger partial charge in [0.05, 0.1) is 5.97 Å². The summed E-state index contributed by atoms with van der Waals surface area (Å²) in [6.07, 6.45) is 0.737. The number of primary amides is 1. The number of carbonyl (C=O) groups is 2. The summed E-state index contributed by atoms with van der Waals surface area (Å²) in [6, 6.07) is -1.60. The molecule has 5 N–H and O–H groups in total. The molecule has 0 aliphatic heterocycles. The third-order valence-electron chi connectivity index (χ3n) is 1.29. The second kappa shape index (κ2) is 8.31. The van der Waals surface area contributed by atoms with Gasteiger partial charge in [0.25, 0.3) is 0 Å². The van der Waals surface area contributed by atoms with E-state index in [2.05, 4.69) is 5.32 Å². The number of hydrogen-bond donors (Lipinski definition) is 3. The number of urea groups is 1. The van der Waals surface area contributed by atoms with Crippen LogP contribution in [0.4, 0.5) is 4.79 Å². The van der Waals surface area contributed by atoms with E-state index in [1.807, 2.05) is 0 Å². The number of amides is 2. The van der Waals surface area contributed by atoms with E-state index in [1.165, 1.54) is 0 Å². The maximum atomic E-state index is 10.1. The zero-order chi connectivity index (χ0) is 9.56. The number of carbonyl (C=O) groups excluding carboxylic acids is 2. The van der Waals surface area contributed by atoms with Crippen LogP contribution in [0.2, 0.25) is 0 Å². The Bertz CT molecular complexity index is 177. The largest absolute Gasteiger partial charge is 1.00 e. The Morgan fingerprint density at radius 2 is 2.00 bits per heavy atom. The minimum Gasteiger partial charge on any atom is -0.548 e. The number of aliphatic carboxylic acids is 1. The zero-order valence-electron chi connectivity index (χ0n) is 7.58. The second-order valence-corrected chi connectivity index (χ2v) is 2.36. The zero-order valence-corrected chi connectivity index (χ0v) is 9.58. The van der Waals surface area contributed by atoms with Gasteiger partial charge in [0.2, 0.25) is 0 Å². The minimum atomic E-state index is -1.28. The number of hydrogen-bond acceptors (Lipinski definition) is 4. The molecule has 0 bridgehead atoms. The van der Waals surface area contributed by atoms with Gasteiger partial charge in [0.1, 0.15) is 0 Å². The van der Waals surface area contributed by atoms with E-state index < -0.39 is 18.0 Å². The predicted octanol–water partition coefficient (Wildman–Crippen LogP) is -5.48. The van der Waals surface area contributed by atoms with E-state index in [4.69, 9.17) is 11.5 Å². The van der Waals surface area contributed by atoms with Crippen molar-refractivity contribution < 1.29 is 44.3 Å². The molecule has 0 saturated carbocycles. The molecule has 0 aromatic heterocycles. The van der Waals surface area contributed by atoms with Crippen molar-refractivity contribution >= 4 is 12.0 Å². The molecule has 1 atom stereocenters. The molecule has 0 aromatic carbocycles. The summed E-state index contributed by atoms with van der Waals surface area (Å²) >= 11 is 0. The van der Waals surface area contributed by atoms with Crippen molar-refractivity contribution in [1.29, 1.82) is 0 Å². The van der Waals surface area contributed by atoms with Crippen LogP contribution in [0.5, 0.6) is 0 Å². The quantitative estimate of drug-likeness (QED) is 0.300. The summed E-state index contributed by atoms with van der Waals surface area (Å²) in [5, 5.41) is 12.4. The Hall–Kier alpha value is -0.300. The van der Waals surface area contributed by atoms with Crippen LogP contribution < -0.4 is 51.4 Å². The molecule has 0 fully saturated rings. The van der Waals surface area contributed by atoms with Crippen molar-refractivity contribution in [2.75, 3.05) is 6.54 Å². The number of carboxylic acids is 1. The van der Waals surface area contributed by atoms with Gasteiger partial charge in [-0.1, -0.05) is 0 Å². The third-order valence-corrected chi connectivity index (χ3v) is 1.29. The molecule has 0 aromatic rings. The van der Waals surface area contributed by atoms with Crippen LogP contribution in [0.15, 0.2) is 0 Å². The molecule has 2 amide bonds. The summed E-state index contributed by atoms with van der Waals surface area (Å²) in [4.78, 5) is 20.2. The summed E-state index contributed by atoms with van der Waals surface area (Å²) in [7, 11) is 0. The molecule has 7 heteroatoms. The van der Waals surface area contributed by atoms with E-state index in [0.29, 0.717) is 13.0 Å². The van der Waals surface area contributed by atoms with E-state index in [1.54, 1.807) is 0 Å². The molecule has 0 unspecified atom stereocenters. The van der Waals surface area contributed by atoms with Gasteiger partial charge in [-0.25, -0.2) is 4.79 Å². The monoisotopic (exact) mass is 197 g/mol. The molecule has 6 nitrogen and oxygen atoms in total. The summed E-state index contributed by atoms with van der Waals surface area (Å²) in [5.74, 6) is -1.28. The van der Waals surface area contributed by atoms with E-state index in [0.717, 1.165) is 0 Å². The number of nitrogens with two attached hydrogens (primary N) is 2. The van der Waals surface area contributed by atoms with Crippen LogP contribution in [0.3, 0.4) is 0 Å². The van der Waals surface area contributed by atoms with Gasteiger partial charge >= 0.3 is 35.6 Å². The Kier molecular flexibility index (Phi) is 9.70. The van der Waals surface area contributed by atoms with Gasteiger partial charge < -0.3 is 26.7 Å². The average molecular weight is 197 g/mol. The van der Waals surface area contributed by atoms with Crippen LogP contribution in [0, 0.1) is 0 Å². The van der Waals surface area contributed by atoms with Crippen molar-refractivity contribution in [1.82, 2.24) is 5.32 Å². The summed E-state index contributed by atoms with van der Waals surface area (Å²) in [6.45, 7) is 0.330. The molecular formula is C6H12N3NaO3. The average Bonchev–Trinajstić information content (AvgIpc) is 1.97. The van der Waals surface area contributed by atoms with Gasteiger partial charge in [-0.15, -0.1) is 0 Å². The first-order valence-electron chi connectivity index (χ1n) is 3.53. The molecule has 70 valence electrons. The molecule has 13 heavy (non-hydrogen) atoms. The van der Waals surface area contributed by atoms with E-state index in [9.17, 15) is 14.7 Å².